The molecule has 3 N–H and O–H groups in total. The van der Waals surface area contributed by atoms with Crippen molar-refractivity contribution in [3.8, 4) is 0 Å². The minimum absolute atomic E-state index is 0.566. The molecule has 0 aromatic carbocycles. The van der Waals surface area contributed by atoms with E-state index in [0.717, 1.165) is 18.8 Å². The van der Waals surface area contributed by atoms with Gasteiger partial charge in [-0.15, -0.1) is 0 Å². The normalized spacial score (nSPS) is 10.9. The van der Waals surface area contributed by atoms with Gasteiger partial charge in [-0.05, 0) is 20.2 Å². The minimum Gasteiger partial charge on any atom is -0.492 e. The van der Waals surface area contributed by atoms with Gasteiger partial charge < -0.3 is 20.7 Å². The predicted molar refractivity (Wildman–Crippen MR) is 63.9 cm³/mol. The van der Waals surface area contributed by atoms with E-state index in [-0.39, 0.29) is 0 Å². The van der Waals surface area contributed by atoms with Crippen LogP contribution in [0.1, 0.15) is 6.92 Å². The first-order valence-electron chi connectivity index (χ1n) is 4.99. The maximum Gasteiger partial charge on any atom is 0.137 e. The summed E-state index contributed by atoms with van der Waals surface area (Å²) in [6.45, 7) is 11.6. The van der Waals surface area contributed by atoms with E-state index >= 15 is 0 Å². The number of nitrogens with zero attached hydrogens (tertiary/aromatic N) is 1. The lowest BCUT2D eigenvalue weighted by Crippen LogP contribution is -2.27. The highest BCUT2D eigenvalue weighted by Gasteiger charge is 2.09. The van der Waals surface area contributed by atoms with Crippen LogP contribution in [-0.2, 0) is 4.74 Å². The summed E-state index contributed by atoms with van der Waals surface area (Å²) in [6.07, 6.45) is 3.19. The van der Waals surface area contributed by atoms with Gasteiger partial charge >= 0.3 is 0 Å². The molecule has 0 radical (unpaired) electrons. The van der Waals surface area contributed by atoms with Crippen LogP contribution >= 0.6 is 0 Å². The quantitative estimate of drug-likeness (QED) is 0.464. The topological polar surface area (TPSA) is 50.5 Å². The fraction of sp³-hybridized carbons (Fsp3) is 0.455. The first-order valence-corrected chi connectivity index (χ1v) is 4.99. The highest BCUT2D eigenvalue weighted by molar-refractivity contribution is 5.22. The lowest BCUT2D eigenvalue weighted by molar-refractivity contribution is 0.223. The van der Waals surface area contributed by atoms with Crippen molar-refractivity contribution in [1.29, 1.82) is 0 Å². The van der Waals surface area contributed by atoms with Gasteiger partial charge in [0.2, 0.25) is 0 Å². The summed E-state index contributed by atoms with van der Waals surface area (Å²) in [7, 11) is 1.89. The van der Waals surface area contributed by atoms with Gasteiger partial charge in [-0.2, -0.15) is 0 Å². The van der Waals surface area contributed by atoms with E-state index in [1.807, 2.05) is 18.9 Å². The third-order valence-electron chi connectivity index (χ3n) is 1.89. The van der Waals surface area contributed by atoms with Crippen LogP contribution in [0.5, 0.6) is 0 Å². The Morgan fingerprint density at radius 1 is 1.60 bits per heavy atom. The lowest BCUT2D eigenvalue weighted by atomic mass is 10.3. The van der Waals surface area contributed by atoms with Crippen molar-refractivity contribution in [3.63, 3.8) is 0 Å². The van der Waals surface area contributed by atoms with Crippen LogP contribution in [0.2, 0.25) is 0 Å². The van der Waals surface area contributed by atoms with E-state index in [0.29, 0.717) is 12.4 Å². The average Bonchev–Trinajstić information content (AvgIpc) is 2.24. The lowest BCUT2D eigenvalue weighted by Gasteiger charge is -2.23. The minimum atomic E-state index is 0.566. The molecule has 0 rings (SSSR count). The molecule has 0 amide bonds. The second-order valence-electron chi connectivity index (χ2n) is 2.89. The second-order valence-corrected chi connectivity index (χ2v) is 2.89. The third kappa shape index (κ3) is 4.56. The molecule has 0 spiro atoms. The van der Waals surface area contributed by atoms with Crippen LogP contribution in [0.15, 0.2) is 37.0 Å². The Hall–Kier alpha value is -1.42. The number of hydrogen-bond acceptors (Lipinski definition) is 4. The summed E-state index contributed by atoms with van der Waals surface area (Å²) in [5, 5.41) is 3.05. The summed E-state index contributed by atoms with van der Waals surface area (Å²) in [4.78, 5) is 1.90. The maximum atomic E-state index is 5.54. The maximum absolute atomic E-state index is 5.54. The molecule has 86 valence electrons. The molecule has 0 fully saturated rings. The van der Waals surface area contributed by atoms with Crippen LogP contribution in [-0.4, -0.2) is 31.6 Å². The van der Waals surface area contributed by atoms with Gasteiger partial charge in [0, 0.05) is 19.3 Å². The van der Waals surface area contributed by atoms with Gasteiger partial charge in [-0.25, -0.2) is 0 Å². The molecule has 4 heteroatoms. The summed E-state index contributed by atoms with van der Waals surface area (Å²) in [5.41, 5.74) is 6.29. The molecule has 0 saturated heterocycles. The SMILES string of the molecule is C=CN(CCNC)/C(=C\N)C(=C)OCC. The summed E-state index contributed by atoms with van der Waals surface area (Å²) in [6, 6.07) is 0. The van der Waals surface area contributed by atoms with E-state index < -0.39 is 0 Å². The van der Waals surface area contributed by atoms with Crippen molar-refractivity contribution >= 4 is 0 Å². The molecule has 4 nitrogen and oxygen atoms in total. The molecule has 15 heavy (non-hydrogen) atoms. The van der Waals surface area contributed by atoms with Gasteiger partial charge in [-0.1, -0.05) is 13.2 Å². The first-order chi connectivity index (χ1) is 7.21. The number of hydrogen-bond donors (Lipinski definition) is 2. The smallest absolute Gasteiger partial charge is 0.137 e. The van der Waals surface area contributed by atoms with Crippen molar-refractivity contribution in [2.45, 2.75) is 6.92 Å². The molecule has 0 aliphatic carbocycles. The van der Waals surface area contributed by atoms with E-state index in [9.17, 15) is 0 Å². The number of likely N-dealkylation sites (N-methyl/N-ethyl adjacent to an activating group) is 1. The molecule has 0 bridgehead atoms. The van der Waals surface area contributed by atoms with Crippen LogP contribution in [0, 0.1) is 0 Å². The summed E-state index contributed by atoms with van der Waals surface area (Å²) < 4.78 is 5.31. The molecule has 0 aromatic heterocycles. The molecule has 0 atom stereocenters. The Balaban J connectivity index is 4.47. The van der Waals surface area contributed by atoms with E-state index in [1.54, 1.807) is 6.20 Å². The van der Waals surface area contributed by atoms with Crippen molar-refractivity contribution < 1.29 is 4.74 Å². The highest BCUT2D eigenvalue weighted by atomic mass is 16.5. The van der Waals surface area contributed by atoms with Crippen molar-refractivity contribution in [2.75, 3.05) is 26.7 Å². The Bertz CT molecular complexity index is 236. The zero-order valence-corrected chi connectivity index (χ0v) is 9.62. The Morgan fingerprint density at radius 2 is 2.27 bits per heavy atom. The molecule has 0 aliphatic heterocycles. The zero-order valence-electron chi connectivity index (χ0n) is 9.62. The van der Waals surface area contributed by atoms with Crippen LogP contribution < -0.4 is 11.1 Å². The Morgan fingerprint density at radius 3 is 2.67 bits per heavy atom. The zero-order chi connectivity index (χ0) is 11.7. The Kier molecular flexibility index (Phi) is 7.18. The monoisotopic (exact) mass is 211 g/mol. The highest BCUT2D eigenvalue weighted by Crippen LogP contribution is 2.13. The number of nitrogens with one attached hydrogen (secondary N) is 1. The standard InChI is InChI=1S/C11H21N3O/c1-5-14(8-7-13-4)11(9-12)10(3)15-6-2/h5,9,13H,1,3,6-8,12H2,2,4H3/b11-9-. The van der Waals surface area contributed by atoms with Gasteiger partial charge in [0.25, 0.3) is 0 Å². The average molecular weight is 211 g/mol. The molecule has 0 unspecified atom stereocenters. The van der Waals surface area contributed by atoms with Gasteiger partial charge in [0.05, 0.1) is 12.3 Å². The van der Waals surface area contributed by atoms with Crippen LogP contribution in [0.25, 0.3) is 0 Å². The van der Waals surface area contributed by atoms with Crippen molar-refractivity contribution in [1.82, 2.24) is 10.2 Å². The molecular formula is C11H21N3O. The molecule has 0 aromatic rings. The van der Waals surface area contributed by atoms with E-state index in [4.69, 9.17) is 10.5 Å². The first kappa shape index (κ1) is 13.6. The molecular weight excluding hydrogens is 190 g/mol. The predicted octanol–water partition coefficient (Wildman–Crippen LogP) is 1.00. The van der Waals surface area contributed by atoms with Crippen LogP contribution in [0.3, 0.4) is 0 Å². The van der Waals surface area contributed by atoms with Gasteiger partial charge in [-0.3, -0.25) is 0 Å². The van der Waals surface area contributed by atoms with Crippen molar-refractivity contribution in [3.05, 3.63) is 37.0 Å². The van der Waals surface area contributed by atoms with E-state index in [2.05, 4.69) is 18.5 Å². The van der Waals surface area contributed by atoms with Crippen LogP contribution in [0.4, 0.5) is 0 Å². The second kappa shape index (κ2) is 7.94. The summed E-state index contributed by atoms with van der Waals surface area (Å²) in [5.74, 6) is 0.566. The Labute approximate surface area is 92.1 Å². The largest absolute Gasteiger partial charge is 0.492 e. The fourth-order valence-corrected chi connectivity index (χ4v) is 1.14. The van der Waals surface area contributed by atoms with E-state index in [1.165, 1.54) is 6.20 Å². The number of nitrogens with two attached hydrogens (primary N) is 1. The summed E-state index contributed by atoms with van der Waals surface area (Å²) >= 11 is 0. The number of ether oxygens (including phenoxy) is 1. The fourth-order valence-electron chi connectivity index (χ4n) is 1.14. The number of rotatable bonds is 8. The van der Waals surface area contributed by atoms with Crippen molar-refractivity contribution in [2.24, 2.45) is 5.73 Å². The molecule has 0 saturated carbocycles. The van der Waals surface area contributed by atoms with Gasteiger partial charge in [0.1, 0.15) is 5.76 Å². The third-order valence-corrected chi connectivity index (χ3v) is 1.89. The molecule has 0 aliphatic rings. The van der Waals surface area contributed by atoms with Gasteiger partial charge in [0.15, 0.2) is 0 Å². The molecule has 0 heterocycles.